The second-order valence-corrected chi connectivity index (χ2v) is 5.51. The lowest BCUT2D eigenvalue weighted by Gasteiger charge is -2.37. The van der Waals surface area contributed by atoms with Gasteiger partial charge >= 0.3 is 0 Å². The number of aromatic nitrogens is 1. The topological polar surface area (TPSA) is 45.4 Å². The number of nitrogens with zero attached hydrogens (tertiary/aromatic N) is 3. The largest absolute Gasteiger partial charge is 0.384 e. The summed E-state index contributed by atoms with van der Waals surface area (Å²) in [5.41, 5.74) is 5.74. The van der Waals surface area contributed by atoms with Crippen molar-refractivity contribution in [3.8, 4) is 0 Å². The Bertz CT molecular complexity index is 386. The van der Waals surface area contributed by atoms with Crippen molar-refractivity contribution < 1.29 is 0 Å². The first-order chi connectivity index (χ1) is 8.08. The molecule has 1 saturated heterocycles. The van der Waals surface area contributed by atoms with Crippen LogP contribution in [0.3, 0.4) is 0 Å². The molecule has 0 unspecified atom stereocenters. The summed E-state index contributed by atoms with van der Waals surface area (Å²) in [6.45, 7) is 8.66. The lowest BCUT2D eigenvalue weighted by Crippen LogP contribution is -2.49. The highest BCUT2D eigenvalue weighted by Gasteiger charge is 2.21. The summed E-state index contributed by atoms with van der Waals surface area (Å²) in [4.78, 5) is 9.18. The van der Waals surface area contributed by atoms with Crippen molar-refractivity contribution >= 4 is 27.6 Å². The van der Waals surface area contributed by atoms with Crippen LogP contribution in [0.25, 0.3) is 0 Å². The molecule has 2 rings (SSSR count). The van der Waals surface area contributed by atoms with Gasteiger partial charge in [0.25, 0.3) is 0 Å². The van der Waals surface area contributed by atoms with E-state index in [1.54, 1.807) is 0 Å². The average Bonchev–Trinajstić information content (AvgIpc) is 2.32. The van der Waals surface area contributed by atoms with Crippen LogP contribution in [0.5, 0.6) is 0 Å². The van der Waals surface area contributed by atoms with Gasteiger partial charge in [-0.1, -0.05) is 0 Å². The lowest BCUT2D eigenvalue weighted by atomic mass is 10.2. The fraction of sp³-hybridized carbons (Fsp3) is 0.583. The molecule has 1 aliphatic rings. The Morgan fingerprint density at radius 1 is 1.24 bits per heavy atom. The maximum atomic E-state index is 5.74. The standard InChI is InChI=1S/C12H19BrN4/c1-9(2)16-5-7-17(8-6-16)12-10(13)3-4-11(14)15-12/h3-4,9H,5-8H2,1-2H3,(H2,14,15). The minimum Gasteiger partial charge on any atom is -0.384 e. The van der Waals surface area contributed by atoms with Crippen LogP contribution in [0.1, 0.15) is 13.8 Å². The molecule has 2 heterocycles. The molecule has 0 amide bonds. The molecular formula is C12H19BrN4. The van der Waals surface area contributed by atoms with Gasteiger partial charge in [0.05, 0.1) is 4.47 Å². The molecule has 1 aromatic heterocycles. The number of rotatable bonds is 2. The van der Waals surface area contributed by atoms with Gasteiger partial charge in [-0.05, 0) is 41.9 Å². The molecule has 1 fully saturated rings. The molecule has 0 radical (unpaired) electrons. The first kappa shape index (κ1) is 12.6. The summed E-state index contributed by atoms with van der Waals surface area (Å²) < 4.78 is 1.02. The predicted octanol–water partition coefficient (Wildman–Crippen LogP) is 1.96. The Morgan fingerprint density at radius 2 is 1.88 bits per heavy atom. The van der Waals surface area contributed by atoms with Crippen LogP contribution in [-0.4, -0.2) is 42.1 Å². The molecule has 2 N–H and O–H groups in total. The third-order valence-electron chi connectivity index (χ3n) is 3.19. The molecule has 0 saturated carbocycles. The number of nitrogens with two attached hydrogens (primary N) is 1. The average molecular weight is 299 g/mol. The minimum absolute atomic E-state index is 0.578. The first-order valence-electron chi connectivity index (χ1n) is 5.99. The second kappa shape index (κ2) is 5.23. The zero-order valence-electron chi connectivity index (χ0n) is 10.4. The number of hydrogen-bond acceptors (Lipinski definition) is 4. The SMILES string of the molecule is CC(C)N1CCN(c2nc(N)ccc2Br)CC1. The first-order valence-corrected chi connectivity index (χ1v) is 6.78. The number of anilines is 2. The molecule has 0 atom stereocenters. The van der Waals surface area contributed by atoms with Gasteiger partial charge < -0.3 is 10.6 Å². The molecule has 94 valence electrons. The zero-order chi connectivity index (χ0) is 12.4. The van der Waals surface area contributed by atoms with Gasteiger partial charge in [0.1, 0.15) is 11.6 Å². The summed E-state index contributed by atoms with van der Waals surface area (Å²) >= 11 is 3.54. The quantitative estimate of drug-likeness (QED) is 0.907. The molecule has 0 aliphatic carbocycles. The number of halogens is 1. The van der Waals surface area contributed by atoms with Crippen LogP contribution in [0.15, 0.2) is 16.6 Å². The highest BCUT2D eigenvalue weighted by Crippen LogP contribution is 2.26. The molecule has 0 spiro atoms. The van der Waals surface area contributed by atoms with Crippen LogP contribution in [0.2, 0.25) is 0 Å². The van der Waals surface area contributed by atoms with E-state index in [1.807, 2.05) is 12.1 Å². The zero-order valence-corrected chi connectivity index (χ0v) is 11.9. The van der Waals surface area contributed by atoms with Gasteiger partial charge in [0, 0.05) is 32.2 Å². The van der Waals surface area contributed by atoms with Crippen LogP contribution in [0, 0.1) is 0 Å². The molecule has 0 bridgehead atoms. The van der Waals surface area contributed by atoms with Gasteiger partial charge in [-0.25, -0.2) is 4.98 Å². The molecule has 5 heteroatoms. The monoisotopic (exact) mass is 298 g/mol. The fourth-order valence-electron chi connectivity index (χ4n) is 2.12. The summed E-state index contributed by atoms with van der Waals surface area (Å²) in [7, 11) is 0. The third kappa shape index (κ3) is 2.90. The minimum atomic E-state index is 0.578. The molecule has 0 aromatic carbocycles. The van der Waals surface area contributed by atoms with Crippen LogP contribution in [0.4, 0.5) is 11.6 Å². The van der Waals surface area contributed by atoms with Gasteiger partial charge in [0.2, 0.25) is 0 Å². The number of piperazine rings is 1. The summed E-state index contributed by atoms with van der Waals surface area (Å²) in [6, 6.07) is 4.40. The number of pyridine rings is 1. The summed E-state index contributed by atoms with van der Waals surface area (Å²) in [5.74, 6) is 1.54. The summed E-state index contributed by atoms with van der Waals surface area (Å²) in [5, 5.41) is 0. The van der Waals surface area contributed by atoms with E-state index < -0.39 is 0 Å². The van der Waals surface area contributed by atoms with Gasteiger partial charge in [-0.2, -0.15) is 0 Å². The number of hydrogen-bond donors (Lipinski definition) is 1. The Kier molecular flexibility index (Phi) is 3.89. The van der Waals surface area contributed by atoms with E-state index in [-0.39, 0.29) is 0 Å². The Hall–Kier alpha value is -0.810. The highest BCUT2D eigenvalue weighted by atomic mass is 79.9. The predicted molar refractivity (Wildman–Crippen MR) is 75.3 cm³/mol. The van der Waals surface area contributed by atoms with Crippen molar-refractivity contribution in [1.82, 2.24) is 9.88 Å². The third-order valence-corrected chi connectivity index (χ3v) is 3.81. The lowest BCUT2D eigenvalue weighted by molar-refractivity contribution is 0.209. The fourth-order valence-corrected chi connectivity index (χ4v) is 2.59. The van der Waals surface area contributed by atoms with Crippen molar-refractivity contribution in [2.45, 2.75) is 19.9 Å². The molecular weight excluding hydrogens is 280 g/mol. The van der Waals surface area contributed by atoms with Gasteiger partial charge in [-0.15, -0.1) is 0 Å². The highest BCUT2D eigenvalue weighted by molar-refractivity contribution is 9.10. The van der Waals surface area contributed by atoms with Crippen molar-refractivity contribution in [3.63, 3.8) is 0 Å². The Labute approximate surface area is 111 Å². The van der Waals surface area contributed by atoms with Crippen molar-refractivity contribution in [1.29, 1.82) is 0 Å². The molecule has 1 aliphatic heterocycles. The van der Waals surface area contributed by atoms with E-state index in [1.165, 1.54) is 0 Å². The normalized spacial score (nSPS) is 17.8. The van der Waals surface area contributed by atoms with E-state index in [2.05, 4.69) is 44.6 Å². The number of nitrogen functional groups attached to an aromatic ring is 1. The van der Waals surface area contributed by atoms with Crippen molar-refractivity contribution in [3.05, 3.63) is 16.6 Å². The van der Waals surface area contributed by atoms with E-state index in [9.17, 15) is 0 Å². The van der Waals surface area contributed by atoms with Crippen molar-refractivity contribution in [2.75, 3.05) is 36.8 Å². The van der Waals surface area contributed by atoms with Crippen LogP contribution in [-0.2, 0) is 0 Å². The second-order valence-electron chi connectivity index (χ2n) is 4.66. The van der Waals surface area contributed by atoms with Crippen LogP contribution < -0.4 is 10.6 Å². The maximum absolute atomic E-state index is 5.74. The Balaban J connectivity index is 2.07. The maximum Gasteiger partial charge on any atom is 0.145 e. The van der Waals surface area contributed by atoms with Gasteiger partial charge in [-0.3, -0.25) is 4.90 Å². The summed E-state index contributed by atoms with van der Waals surface area (Å²) in [6.07, 6.45) is 0. The van der Waals surface area contributed by atoms with E-state index >= 15 is 0 Å². The van der Waals surface area contributed by atoms with E-state index in [4.69, 9.17) is 5.73 Å². The van der Waals surface area contributed by atoms with E-state index in [0.717, 1.165) is 36.5 Å². The van der Waals surface area contributed by atoms with E-state index in [0.29, 0.717) is 11.9 Å². The van der Waals surface area contributed by atoms with Crippen LogP contribution >= 0.6 is 15.9 Å². The van der Waals surface area contributed by atoms with Crippen molar-refractivity contribution in [2.24, 2.45) is 0 Å². The smallest absolute Gasteiger partial charge is 0.145 e. The molecule has 1 aromatic rings. The Morgan fingerprint density at radius 3 is 2.47 bits per heavy atom. The molecule has 17 heavy (non-hydrogen) atoms. The molecule has 4 nitrogen and oxygen atoms in total. The van der Waals surface area contributed by atoms with Gasteiger partial charge in [0.15, 0.2) is 0 Å².